The van der Waals surface area contributed by atoms with Crippen LogP contribution in [0.1, 0.15) is 29.6 Å². The molecular formula is C12H12O4. The van der Waals surface area contributed by atoms with E-state index in [0.29, 0.717) is 36.3 Å². The van der Waals surface area contributed by atoms with Crippen LogP contribution in [0.25, 0.3) is 0 Å². The van der Waals surface area contributed by atoms with Crippen molar-refractivity contribution in [3.63, 3.8) is 0 Å². The minimum atomic E-state index is 0.0279. The number of carbonyl (C=O) groups is 2. The number of unbranched alkanes of at least 4 members (excludes halogenated alkanes) is 1. The Bertz CT molecular complexity index is 411. The van der Waals surface area contributed by atoms with Crippen molar-refractivity contribution in [1.82, 2.24) is 0 Å². The lowest BCUT2D eigenvalue weighted by Crippen LogP contribution is -1.99. The molecule has 0 fully saturated rings. The maximum atomic E-state index is 11.7. The second kappa shape index (κ2) is 4.79. The molecule has 84 valence electrons. The molecule has 1 aromatic rings. The summed E-state index contributed by atoms with van der Waals surface area (Å²) in [6, 6.07) is 5.14. The number of rotatable bonds is 5. The molecule has 1 aliphatic rings. The van der Waals surface area contributed by atoms with Gasteiger partial charge in [0.15, 0.2) is 17.3 Å². The lowest BCUT2D eigenvalue weighted by Gasteiger charge is -2.01. The average Bonchev–Trinajstić information content (AvgIpc) is 2.76. The number of Topliss-reactive ketones (excluding diaryl/α,β-unsaturated/α-hetero) is 1. The lowest BCUT2D eigenvalue weighted by molar-refractivity contribution is -0.107. The van der Waals surface area contributed by atoms with Gasteiger partial charge in [0.25, 0.3) is 0 Å². The average molecular weight is 220 g/mol. The highest BCUT2D eigenvalue weighted by Crippen LogP contribution is 2.32. The van der Waals surface area contributed by atoms with Crippen molar-refractivity contribution < 1.29 is 19.1 Å². The van der Waals surface area contributed by atoms with E-state index in [9.17, 15) is 9.59 Å². The second-order valence-corrected chi connectivity index (χ2v) is 3.55. The molecular weight excluding hydrogens is 208 g/mol. The van der Waals surface area contributed by atoms with Gasteiger partial charge in [0.1, 0.15) is 6.29 Å². The topological polar surface area (TPSA) is 52.6 Å². The predicted octanol–water partition coefficient (Wildman–Crippen LogP) is 1.97. The Morgan fingerprint density at radius 3 is 2.94 bits per heavy atom. The Labute approximate surface area is 93.2 Å². The molecule has 0 unspecified atom stereocenters. The monoisotopic (exact) mass is 220 g/mol. The van der Waals surface area contributed by atoms with Crippen LogP contribution in [0.4, 0.5) is 0 Å². The first-order valence-electron chi connectivity index (χ1n) is 5.18. The van der Waals surface area contributed by atoms with Crippen LogP contribution >= 0.6 is 0 Å². The zero-order valence-corrected chi connectivity index (χ0v) is 8.77. The van der Waals surface area contributed by atoms with E-state index in [1.165, 1.54) is 0 Å². The van der Waals surface area contributed by atoms with E-state index >= 15 is 0 Å². The molecule has 0 spiro atoms. The largest absolute Gasteiger partial charge is 0.454 e. The quantitative estimate of drug-likeness (QED) is 0.432. The van der Waals surface area contributed by atoms with Gasteiger partial charge >= 0.3 is 0 Å². The highest BCUT2D eigenvalue weighted by molar-refractivity contribution is 5.96. The SMILES string of the molecule is O=CCCCC(=O)c1ccc2c(c1)OCO2. The molecule has 0 aliphatic carbocycles. The smallest absolute Gasteiger partial charge is 0.231 e. The number of ketones is 1. The van der Waals surface area contributed by atoms with Crippen LogP contribution < -0.4 is 9.47 Å². The van der Waals surface area contributed by atoms with E-state index < -0.39 is 0 Å². The Kier molecular flexibility index (Phi) is 3.19. The molecule has 0 radical (unpaired) electrons. The van der Waals surface area contributed by atoms with Crippen molar-refractivity contribution in [2.75, 3.05) is 6.79 Å². The molecule has 4 heteroatoms. The van der Waals surface area contributed by atoms with Crippen LogP contribution in [0.2, 0.25) is 0 Å². The van der Waals surface area contributed by atoms with Crippen molar-refractivity contribution in [1.29, 1.82) is 0 Å². The van der Waals surface area contributed by atoms with Crippen LogP contribution in [-0.2, 0) is 4.79 Å². The Morgan fingerprint density at radius 2 is 2.12 bits per heavy atom. The molecule has 0 saturated heterocycles. The lowest BCUT2D eigenvalue weighted by atomic mass is 10.1. The van der Waals surface area contributed by atoms with Crippen molar-refractivity contribution >= 4 is 12.1 Å². The molecule has 1 aliphatic heterocycles. The number of carbonyl (C=O) groups excluding carboxylic acids is 2. The van der Waals surface area contributed by atoms with E-state index in [1.807, 2.05) is 0 Å². The van der Waals surface area contributed by atoms with Crippen molar-refractivity contribution in [2.45, 2.75) is 19.3 Å². The number of hydrogen-bond acceptors (Lipinski definition) is 4. The number of ether oxygens (including phenoxy) is 2. The molecule has 0 amide bonds. The van der Waals surface area contributed by atoms with Gasteiger partial charge in [0, 0.05) is 18.4 Å². The minimum absolute atomic E-state index is 0.0279. The van der Waals surface area contributed by atoms with Crippen LogP contribution in [0.5, 0.6) is 11.5 Å². The van der Waals surface area contributed by atoms with E-state index in [2.05, 4.69) is 0 Å². The molecule has 16 heavy (non-hydrogen) atoms. The third kappa shape index (κ3) is 2.21. The summed E-state index contributed by atoms with van der Waals surface area (Å²) in [6.45, 7) is 0.206. The number of hydrogen-bond donors (Lipinski definition) is 0. The van der Waals surface area contributed by atoms with E-state index in [1.54, 1.807) is 18.2 Å². The molecule has 0 bridgehead atoms. The minimum Gasteiger partial charge on any atom is -0.454 e. The summed E-state index contributed by atoms with van der Waals surface area (Å²) < 4.78 is 10.3. The fourth-order valence-corrected chi connectivity index (χ4v) is 1.56. The van der Waals surface area contributed by atoms with Crippen molar-refractivity contribution in [2.24, 2.45) is 0 Å². The van der Waals surface area contributed by atoms with Gasteiger partial charge in [-0.1, -0.05) is 0 Å². The van der Waals surface area contributed by atoms with Crippen LogP contribution in [0.3, 0.4) is 0 Å². The summed E-state index contributed by atoms with van der Waals surface area (Å²) >= 11 is 0. The van der Waals surface area contributed by atoms with Gasteiger partial charge in [0.2, 0.25) is 6.79 Å². The summed E-state index contributed by atoms with van der Waals surface area (Å²) in [5.41, 5.74) is 0.607. The van der Waals surface area contributed by atoms with E-state index in [-0.39, 0.29) is 12.6 Å². The molecule has 4 nitrogen and oxygen atoms in total. The van der Waals surface area contributed by atoms with E-state index in [4.69, 9.17) is 9.47 Å². The van der Waals surface area contributed by atoms with Gasteiger partial charge in [-0.25, -0.2) is 0 Å². The van der Waals surface area contributed by atoms with Crippen LogP contribution in [0.15, 0.2) is 18.2 Å². The van der Waals surface area contributed by atoms with Crippen molar-refractivity contribution in [3.05, 3.63) is 23.8 Å². The summed E-state index contributed by atoms with van der Waals surface area (Å²) in [7, 11) is 0. The van der Waals surface area contributed by atoms with Crippen LogP contribution in [-0.4, -0.2) is 18.9 Å². The summed E-state index contributed by atoms with van der Waals surface area (Å²) in [5.74, 6) is 1.31. The first kappa shape index (κ1) is 10.7. The Balaban J connectivity index is 2.03. The van der Waals surface area contributed by atoms with Crippen LogP contribution in [0, 0.1) is 0 Å². The van der Waals surface area contributed by atoms with Gasteiger partial charge in [-0.05, 0) is 24.6 Å². The van der Waals surface area contributed by atoms with Crippen molar-refractivity contribution in [3.8, 4) is 11.5 Å². The first-order chi connectivity index (χ1) is 7.81. The van der Waals surface area contributed by atoms with Gasteiger partial charge in [-0.15, -0.1) is 0 Å². The Hall–Kier alpha value is -1.84. The summed E-state index contributed by atoms with van der Waals surface area (Å²) in [6.07, 6.45) is 2.23. The number of fused-ring (bicyclic) bond motifs is 1. The molecule has 1 aromatic carbocycles. The Morgan fingerprint density at radius 1 is 1.31 bits per heavy atom. The fourth-order valence-electron chi connectivity index (χ4n) is 1.56. The van der Waals surface area contributed by atoms with Gasteiger partial charge in [0.05, 0.1) is 0 Å². The normalized spacial score (nSPS) is 12.5. The van der Waals surface area contributed by atoms with Gasteiger partial charge in [-0.2, -0.15) is 0 Å². The molecule has 1 heterocycles. The maximum absolute atomic E-state index is 11.7. The summed E-state index contributed by atoms with van der Waals surface area (Å²) in [4.78, 5) is 21.8. The summed E-state index contributed by atoms with van der Waals surface area (Å²) in [5, 5.41) is 0. The third-order valence-corrected chi connectivity index (χ3v) is 2.42. The predicted molar refractivity (Wildman–Crippen MR) is 56.8 cm³/mol. The zero-order valence-electron chi connectivity index (χ0n) is 8.77. The standard InChI is InChI=1S/C12H12O4/c13-6-2-1-3-10(14)9-4-5-11-12(7-9)16-8-15-11/h4-7H,1-3,8H2. The fraction of sp³-hybridized carbons (Fsp3) is 0.333. The molecule has 0 aromatic heterocycles. The number of aldehydes is 1. The van der Waals surface area contributed by atoms with Gasteiger partial charge in [-0.3, -0.25) is 4.79 Å². The molecule has 2 rings (SSSR count). The zero-order chi connectivity index (χ0) is 11.4. The highest BCUT2D eigenvalue weighted by Gasteiger charge is 2.15. The third-order valence-electron chi connectivity index (χ3n) is 2.42. The first-order valence-corrected chi connectivity index (χ1v) is 5.18. The maximum Gasteiger partial charge on any atom is 0.231 e. The molecule has 0 saturated carbocycles. The molecule has 0 N–H and O–H groups in total. The van der Waals surface area contributed by atoms with Gasteiger partial charge < -0.3 is 14.3 Å². The number of benzene rings is 1. The highest BCUT2D eigenvalue weighted by atomic mass is 16.7. The molecule has 0 atom stereocenters. The van der Waals surface area contributed by atoms with E-state index in [0.717, 1.165) is 6.29 Å². The second-order valence-electron chi connectivity index (χ2n) is 3.55.